The molecule has 0 N–H and O–H groups in total. The van der Waals surface area contributed by atoms with Gasteiger partial charge < -0.3 is 4.74 Å². The normalized spacial score (nSPS) is 8.31. The molecule has 1 aromatic rings. The Kier molecular flexibility index (Phi) is 6.24. The number of hydrogen-bond acceptors (Lipinski definition) is 2. The number of carbonyl (C=O) groups excluding carboxylic acids is 1. The van der Waals surface area contributed by atoms with Crippen LogP contribution in [0.5, 0.6) is 5.75 Å². The van der Waals surface area contributed by atoms with Gasteiger partial charge in [0.25, 0.3) is 0 Å². The van der Waals surface area contributed by atoms with Crippen LogP contribution >= 0.6 is 15.9 Å². The van der Waals surface area contributed by atoms with E-state index < -0.39 is 0 Å². The van der Waals surface area contributed by atoms with Crippen LogP contribution in [-0.2, 0) is 0 Å². The monoisotopic (exact) mass is 244 g/mol. The minimum Gasteiger partial charge on any atom is -0.497 e. The van der Waals surface area contributed by atoms with Gasteiger partial charge in [-0.05, 0) is 18.2 Å². The van der Waals surface area contributed by atoms with Gasteiger partial charge in [-0.25, -0.2) is 0 Å². The van der Waals surface area contributed by atoms with Crippen LogP contribution in [-0.4, -0.2) is 13.4 Å². The lowest BCUT2D eigenvalue weighted by molar-refractivity contribution is 0.112. The van der Waals surface area contributed by atoms with Crippen molar-refractivity contribution < 1.29 is 9.53 Å². The molecule has 0 atom stereocenters. The van der Waals surface area contributed by atoms with Crippen molar-refractivity contribution in [1.82, 2.24) is 0 Å². The van der Waals surface area contributed by atoms with E-state index in [1.54, 1.807) is 25.3 Å². The number of aldehydes is 1. The van der Waals surface area contributed by atoms with Crippen molar-refractivity contribution >= 4 is 22.2 Å². The Hall–Kier alpha value is -0.830. The van der Waals surface area contributed by atoms with Crippen molar-refractivity contribution in [2.45, 2.75) is 13.8 Å². The first-order chi connectivity index (χ1) is 6.26. The Morgan fingerprint density at radius 2 is 1.92 bits per heavy atom. The van der Waals surface area contributed by atoms with Gasteiger partial charge in [0.1, 0.15) is 12.0 Å². The van der Waals surface area contributed by atoms with Gasteiger partial charge in [0.15, 0.2) is 0 Å². The summed E-state index contributed by atoms with van der Waals surface area (Å²) in [4.78, 5) is 10.4. The minimum absolute atomic E-state index is 0.608. The van der Waals surface area contributed by atoms with E-state index in [1.807, 2.05) is 13.8 Å². The molecule has 0 amide bonds. The van der Waals surface area contributed by atoms with E-state index in [9.17, 15) is 4.79 Å². The number of benzene rings is 1. The third kappa shape index (κ3) is 4.08. The first-order valence-corrected chi connectivity index (χ1v) is 4.85. The summed E-state index contributed by atoms with van der Waals surface area (Å²) >= 11 is 3.26. The van der Waals surface area contributed by atoms with Gasteiger partial charge in [0, 0.05) is 10.0 Å². The van der Waals surface area contributed by atoms with Gasteiger partial charge >= 0.3 is 0 Å². The van der Waals surface area contributed by atoms with Gasteiger partial charge in [-0.3, -0.25) is 4.79 Å². The molecule has 3 heteroatoms. The largest absolute Gasteiger partial charge is 0.497 e. The molecule has 13 heavy (non-hydrogen) atoms. The molecule has 1 aromatic carbocycles. The number of ether oxygens (including phenoxy) is 1. The number of rotatable bonds is 2. The highest BCUT2D eigenvalue weighted by Crippen LogP contribution is 2.19. The highest BCUT2D eigenvalue weighted by molar-refractivity contribution is 9.10. The molecule has 0 bridgehead atoms. The van der Waals surface area contributed by atoms with Crippen LogP contribution in [0.3, 0.4) is 0 Å². The minimum atomic E-state index is 0.608. The summed E-state index contributed by atoms with van der Waals surface area (Å²) in [6, 6.07) is 5.21. The van der Waals surface area contributed by atoms with Crippen molar-refractivity contribution in [2.24, 2.45) is 0 Å². The Balaban J connectivity index is 0.000000671. The lowest BCUT2D eigenvalue weighted by Crippen LogP contribution is -1.85. The van der Waals surface area contributed by atoms with Gasteiger partial charge in [0.05, 0.1) is 7.11 Å². The van der Waals surface area contributed by atoms with Gasteiger partial charge in [-0.1, -0.05) is 29.8 Å². The predicted molar refractivity (Wildman–Crippen MR) is 57.4 cm³/mol. The molecule has 0 heterocycles. The lowest BCUT2D eigenvalue weighted by atomic mass is 10.2. The van der Waals surface area contributed by atoms with Crippen molar-refractivity contribution in [1.29, 1.82) is 0 Å². The Morgan fingerprint density at radius 1 is 1.31 bits per heavy atom. The van der Waals surface area contributed by atoms with Crippen LogP contribution in [0.25, 0.3) is 0 Å². The Labute approximate surface area is 87.0 Å². The molecule has 0 saturated carbocycles. The Bertz CT molecular complexity index is 272. The lowest BCUT2D eigenvalue weighted by Gasteiger charge is -2.00. The van der Waals surface area contributed by atoms with Crippen molar-refractivity contribution in [2.75, 3.05) is 7.11 Å². The molecule has 0 saturated heterocycles. The molecule has 0 fully saturated rings. The molecule has 0 aliphatic heterocycles. The van der Waals surface area contributed by atoms with Crippen LogP contribution in [0.15, 0.2) is 22.7 Å². The molecule has 0 aliphatic rings. The molecule has 72 valence electrons. The summed E-state index contributed by atoms with van der Waals surface area (Å²) in [5.74, 6) is 0.682. The van der Waals surface area contributed by atoms with Crippen LogP contribution < -0.4 is 4.74 Å². The van der Waals surface area contributed by atoms with E-state index >= 15 is 0 Å². The molecule has 1 rings (SSSR count). The second-order valence-corrected chi connectivity index (χ2v) is 2.96. The number of halogens is 1. The standard InChI is InChI=1S/C8H7BrO2.C2H6/c1-11-8-3-6(5-10)2-7(9)4-8;1-2/h2-5H,1H3;1-2H3. The van der Waals surface area contributed by atoms with E-state index in [0.29, 0.717) is 11.3 Å². The van der Waals surface area contributed by atoms with E-state index in [4.69, 9.17) is 4.74 Å². The van der Waals surface area contributed by atoms with Crippen LogP contribution in [0, 0.1) is 0 Å². The Morgan fingerprint density at radius 3 is 2.38 bits per heavy atom. The summed E-state index contributed by atoms with van der Waals surface area (Å²) in [6.07, 6.45) is 0.785. The maximum Gasteiger partial charge on any atom is 0.150 e. The topological polar surface area (TPSA) is 26.3 Å². The quantitative estimate of drug-likeness (QED) is 0.747. The molecule has 0 aromatic heterocycles. The fraction of sp³-hybridized carbons (Fsp3) is 0.300. The summed E-state index contributed by atoms with van der Waals surface area (Å²) < 4.78 is 5.79. The predicted octanol–water partition coefficient (Wildman–Crippen LogP) is 3.30. The molecule has 0 spiro atoms. The van der Waals surface area contributed by atoms with Crippen LogP contribution in [0.1, 0.15) is 24.2 Å². The highest BCUT2D eigenvalue weighted by atomic mass is 79.9. The van der Waals surface area contributed by atoms with E-state index in [1.165, 1.54) is 0 Å². The first-order valence-electron chi connectivity index (χ1n) is 4.06. The van der Waals surface area contributed by atoms with Crippen molar-refractivity contribution in [3.8, 4) is 5.75 Å². The molecule has 0 radical (unpaired) electrons. The first kappa shape index (κ1) is 12.2. The summed E-state index contributed by atoms with van der Waals surface area (Å²) in [5.41, 5.74) is 0.608. The summed E-state index contributed by atoms with van der Waals surface area (Å²) in [5, 5.41) is 0. The second kappa shape index (κ2) is 6.66. The second-order valence-electron chi connectivity index (χ2n) is 2.04. The van der Waals surface area contributed by atoms with E-state index in [2.05, 4.69) is 15.9 Å². The zero-order valence-corrected chi connectivity index (χ0v) is 9.59. The number of methoxy groups -OCH3 is 1. The zero-order chi connectivity index (χ0) is 10.3. The molecule has 0 aliphatic carbocycles. The van der Waals surface area contributed by atoms with Crippen molar-refractivity contribution in [3.63, 3.8) is 0 Å². The van der Waals surface area contributed by atoms with Gasteiger partial charge in [-0.15, -0.1) is 0 Å². The van der Waals surface area contributed by atoms with Gasteiger partial charge in [-0.2, -0.15) is 0 Å². The zero-order valence-electron chi connectivity index (χ0n) is 8.00. The molecular weight excluding hydrogens is 232 g/mol. The average Bonchev–Trinajstić information content (AvgIpc) is 2.20. The third-order valence-corrected chi connectivity index (χ3v) is 1.72. The van der Waals surface area contributed by atoms with Crippen LogP contribution in [0.4, 0.5) is 0 Å². The smallest absolute Gasteiger partial charge is 0.150 e. The molecule has 2 nitrogen and oxygen atoms in total. The van der Waals surface area contributed by atoms with E-state index in [-0.39, 0.29) is 0 Å². The van der Waals surface area contributed by atoms with Gasteiger partial charge in [0.2, 0.25) is 0 Å². The van der Waals surface area contributed by atoms with Crippen molar-refractivity contribution in [3.05, 3.63) is 28.2 Å². The highest BCUT2D eigenvalue weighted by Gasteiger charge is 1.96. The fourth-order valence-electron chi connectivity index (χ4n) is 0.770. The van der Waals surface area contributed by atoms with Crippen LogP contribution in [0.2, 0.25) is 0 Å². The maximum atomic E-state index is 10.4. The fourth-order valence-corrected chi connectivity index (χ4v) is 1.26. The summed E-state index contributed by atoms with van der Waals surface area (Å²) in [6.45, 7) is 4.00. The average molecular weight is 245 g/mol. The number of hydrogen-bond donors (Lipinski definition) is 0. The third-order valence-electron chi connectivity index (χ3n) is 1.27. The summed E-state index contributed by atoms with van der Waals surface area (Å²) in [7, 11) is 1.57. The number of carbonyl (C=O) groups is 1. The van der Waals surface area contributed by atoms with E-state index in [0.717, 1.165) is 10.8 Å². The SMILES string of the molecule is CC.COc1cc(Br)cc(C=O)c1. The maximum absolute atomic E-state index is 10.4. The molecular formula is C10H13BrO2. The molecule has 0 unspecified atom stereocenters.